The summed E-state index contributed by atoms with van der Waals surface area (Å²) in [4.78, 5) is 0. The first-order chi connectivity index (χ1) is 6.75. The predicted octanol–water partition coefficient (Wildman–Crippen LogP) is 4.14. The van der Waals surface area contributed by atoms with E-state index in [1.807, 2.05) is 23.6 Å². The summed E-state index contributed by atoms with van der Waals surface area (Å²) in [5, 5.41) is 11.8. The summed E-state index contributed by atoms with van der Waals surface area (Å²) < 4.78 is 0. The van der Waals surface area contributed by atoms with Gasteiger partial charge in [-0.2, -0.15) is 5.26 Å². The molecule has 0 radical (unpaired) electrons. The normalized spacial score (nSPS) is 9.79. The SMILES string of the molecule is N#CSCCCc1c(Cl)cccc1Cl. The van der Waals surface area contributed by atoms with Crippen LogP contribution in [0.15, 0.2) is 18.2 Å². The van der Waals surface area contributed by atoms with E-state index in [9.17, 15) is 0 Å². The van der Waals surface area contributed by atoms with Gasteiger partial charge in [0.25, 0.3) is 0 Å². The highest BCUT2D eigenvalue weighted by Gasteiger charge is 2.04. The van der Waals surface area contributed by atoms with Gasteiger partial charge in [0, 0.05) is 15.8 Å². The Morgan fingerprint density at radius 2 is 1.93 bits per heavy atom. The lowest BCUT2D eigenvalue weighted by Gasteiger charge is -2.05. The molecule has 0 aliphatic rings. The molecule has 0 fully saturated rings. The van der Waals surface area contributed by atoms with Gasteiger partial charge in [0.05, 0.1) is 0 Å². The molecule has 0 aliphatic heterocycles. The topological polar surface area (TPSA) is 23.8 Å². The molecule has 1 aromatic rings. The minimum atomic E-state index is 0.708. The highest BCUT2D eigenvalue weighted by atomic mass is 35.5. The smallest absolute Gasteiger partial charge is 0.133 e. The third kappa shape index (κ3) is 3.42. The van der Waals surface area contributed by atoms with Gasteiger partial charge in [-0.1, -0.05) is 29.3 Å². The van der Waals surface area contributed by atoms with Crippen molar-refractivity contribution in [3.05, 3.63) is 33.8 Å². The maximum absolute atomic E-state index is 8.33. The van der Waals surface area contributed by atoms with Gasteiger partial charge in [-0.25, -0.2) is 0 Å². The highest BCUT2D eigenvalue weighted by molar-refractivity contribution is 8.03. The van der Waals surface area contributed by atoms with Crippen LogP contribution in [-0.2, 0) is 6.42 Å². The predicted molar refractivity (Wildman–Crippen MR) is 62.9 cm³/mol. The van der Waals surface area contributed by atoms with E-state index in [4.69, 9.17) is 28.5 Å². The molecule has 1 aromatic carbocycles. The fourth-order valence-electron chi connectivity index (χ4n) is 1.14. The number of thioether (sulfide) groups is 1. The van der Waals surface area contributed by atoms with Crippen molar-refractivity contribution in [1.29, 1.82) is 5.26 Å². The maximum atomic E-state index is 8.33. The first kappa shape index (κ1) is 11.7. The second-order valence-electron chi connectivity index (χ2n) is 2.74. The molecular weight excluding hydrogens is 237 g/mol. The Kier molecular flexibility index (Phi) is 5.17. The Hall–Kier alpha value is -0.360. The van der Waals surface area contributed by atoms with Crippen LogP contribution in [0.2, 0.25) is 10.0 Å². The first-order valence-electron chi connectivity index (χ1n) is 4.19. The third-order valence-corrected chi connectivity index (χ3v) is 3.13. The van der Waals surface area contributed by atoms with Crippen LogP contribution in [0.1, 0.15) is 12.0 Å². The zero-order chi connectivity index (χ0) is 10.4. The van der Waals surface area contributed by atoms with Crippen LogP contribution in [0.3, 0.4) is 0 Å². The fourth-order valence-corrected chi connectivity index (χ4v) is 2.10. The molecule has 0 aromatic heterocycles. The number of hydrogen-bond donors (Lipinski definition) is 0. The molecular formula is C10H9Cl2NS. The monoisotopic (exact) mass is 245 g/mol. The van der Waals surface area contributed by atoms with Crippen LogP contribution in [-0.4, -0.2) is 5.75 Å². The Morgan fingerprint density at radius 3 is 2.50 bits per heavy atom. The van der Waals surface area contributed by atoms with Crippen molar-refractivity contribution in [2.45, 2.75) is 12.8 Å². The van der Waals surface area contributed by atoms with Gasteiger partial charge in [0.2, 0.25) is 0 Å². The van der Waals surface area contributed by atoms with Gasteiger partial charge in [0.15, 0.2) is 0 Å². The van der Waals surface area contributed by atoms with Gasteiger partial charge in [-0.15, -0.1) is 0 Å². The van der Waals surface area contributed by atoms with Crippen molar-refractivity contribution in [3.63, 3.8) is 0 Å². The summed E-state index contributed by atoms with van der Waals surface area (Å²) in [6, 6.07) is 5.50. The van der Waals surface area contributed by atoms with E-state index in [0.717, 1.165) is 24.2 Å². The summed E-state index contributed by atoms with van der Waals surface area (Å²) in [5.41, 5.74) is 0.981. The van der Waals surface area contributed by atoms with Crippen molar-refractivity contribution >= 4 is 35.0 Å². The van der Waals surface area contributed by atoms with Crippen molar-refractivity contribution in [2.75, 3.05) is 5.75 Å². The van der Waals surface area contributed by atoms with E-state index in [0.29, 0.717) is 10.0 Å². The molecule has 0 aliphatic carbocycles. The molecule has 4 heteroatoms. The van der Waals surface area contributed by atoms with Crippen LogP contribution in [0.25, 0.3) is 0 Å². The molecule has 0 amide bonds. The van der Waals surface area contributed by atoms with E-state index >= 15 is 0 Å². The van der Waals surface area contributed by atoms with Gasteiger partial charge >= 0.3 is 0 Å². The molecule has 0 atom stereocenters. The lowest BCUT2D eigenvalue weighted by molar-refractivity contribution is 0.935. The molecule has 74 valence electrons. The number of rotatable bonds is 4. The molecule has 0 saturated carbocycles. The number of halogens is 2. The second kappa shape index (κ2) is 6.19. The zero-order valence-corrected chi connectivity index (χ0v) is 9.79. The number of benzene rings is 1. The van der Waals surface area contributed by atoms with Crippen LogP contribution >= 0.6 is 35.0 Å². The highest BCUT2D eigenvalue weighted by Crippen LogP contribution is 2.25. The average Bonchev–Trinajstić information content (AvgIpc) is 2.16. The Labute approximate surface area is 98.0 Å². The molecule has 14 heavy (non-hydrogen) atoms. The van der Waals surface area contributed by atoms with Gasteiger partial charge in [-0.05, 0) is 42.3 Å². The maximum Gasteiger partial charge on any atom is 0.133 e. The summed E-state index contributed by atoms with van der Waals surface area (Å²) in [7, 11) is 0. The Morgan fingerprint density at radius 1 is 1.29 bits per heavy atom. The molecule has 0 N–H and O–H groups in total. The van der Waals surface area contributed by atoms with Crippen molar-refractivity contribution in [1.82, 2.24) is 0 Å². The van der Waals surface area contributed by atoms with Crippen molar-refractivity contribution < 1.29 is 0 Å². The number of nitrogens with zero attached hydrogens (tertiary/aromatic N) is 1. The zero-order valence-electron chi connectivity index (χ0n) is 7.46. The van der Waals surface area contributed by atoms with E-state index in [1.54, 1.807) is 0 Å². The standard InChI is InChI=1S/C10H9Cl2NS/c11-9-4-1-5-10(12)8(9)3-2-6-14-7-13/h1,4-5H,2-3,6H2. The number of hydrogen-bond acceptors (Lipinski definition) is 2. The number of nitriles is 1. The second-order valence-corrected chi connectivity index (χ2v) is 4.44. The van der Waals surface area contributed by atoms with Gasteiger partial charge in [0.1, 0.15) is 5.40 Å². The van der Waals surface area contributed by atoms with Crippen molar-refractivity contribution in [2.24, 2.45) is 0 Å². The summed E-state index contributed by atoms with van der Waals surface area (Å²) in [5.74, 6) is 0.818. The van der Waals surface area contributed by atoms with Crippen LogP contribution in [0, 0.1) is 10.7 Å². The molecule has 0 unspecified atom stereocenters. The van der Waals surface area contributed by atoms with E-state index in [1.165, 1.54) is 11.8 Å². The quantitative estimate of drug-likeness (QED) is 0.588. The molecule has 0 saturated heterocycles. The summed E-state index contributed by atoms with van der Waals surface area (Å²) >= 11 is 13.2. The molecule has 0 spiro atoms. The van der Waals surface area contributed by atoms with E-state index in [2.05, 4.69) is 0 Å². The summed E-state index contributed by atoms with van der Waals surface area (Å²) in [6.07, 6.45) is 1.74. The average molecular weight is 246 g/mol. The molecule has 1 nitrogen and oxygen atoms in total. The van der Waals surface area contributed by atoms with E-state index in [-0.39, 0.29) is 0 Å². The van der Waals surface area contributed by atoms with Gasteiger partial charge < -0.3 is 0 Å². The lowest BCUT2D eigenvalue weighted by Crippen LogP contribution is -1.90. The first-order valence-corrected chi connectivity index (χ1v) is 5.93. The molecule has 0 bridgehead atoms. The fraction of sp³-hybridized carbons (Fsp3) is 0.300. The van der Waals surface area contributed by atoms with E-state index < -0.39 is 0 Å². The van der Waals surface area contributed by atoms with Gasteiger partial charge in [-0.3, -0.25) is 0 Å². The van der Waals surface area contributed by atoms with Crippen LogP contribution < -0.4 is 0 Å². The summed E-state index contributed by atoms with van der Waals surface area (Å²) in [6.45, 7) is 0. The van der Waals surface area contributed by atoms with Crippen LogP contribution in [0.5, 0.6) is 0 Å². The molecule has 0 heterocycles. The number of thiocyanates is 1. The largest absolute Gasteiger partial charge is 0.185 e. The Balaban J connectivity index is 2.54. The van der Waals surface area contributed by atoms with Crippen LogP contribution in [0.4, 0.5) is 0 Å². The molecule has 1 rings (SSSR count). The minimum absolute atomic E-state index is 0.708. The third-order valence-electron chi connectivity index (χ3n) is 1.80. The minimum Gasteiger partial charge on any atom is -0.185 e. The van der Waals surface area contributed by atoms with Crippen molar-refractivity contribution in [3.8, 4) is 5.40 Å². The Bertz CT molecular complexity index is 326. The lowest BCUT2D eigenvalue weighted by atomic mass is 10.1.